The largest absolute Gasteiger partial charge is 0.375 e. The average molecular weight is 580 g/mol. The summed E-state index contributed by atoms with van der Waals surface area (Å²) in [4.78, 5) is 35.7. The van der Waals surface area contributed by atoms with E-state index < -0.39 is 15.5 Å². The summed E-state index contributed by atoms with van der Waals surface area (Å²) >= 11 is 0. The number of nitro groups is 2. The van der Waals surface area contributed by atoms with Gasteiger partial charge in [-0.1, -0.05) is 33.1 Å². The van der Waals surface area contributed by atoms with Crippen molar-refractivity contribution in [2.75, 3.05) is 47.9 Å². The Morgan fingerprint density at radius 1 is 0.952 bits per heavy atom. The molecule has 0 saturated heterocycles. The Kier molecular flexibility index (Phi) is 11.8. The zero-order valence-corrected chi connectivity index (χ0v) is 24.1. The monoisotopic (exact) mass is 579 g/mol. The summed E-state index contributed by atoms with van der Waals surface area (Å²) in [6.07, 6.45) is 5.43. The molecule has 0 aliphatic heterocycles. The van der Waals surface area contributed by atoms with Gasteiger partial charge in [0.25, 0.3) is 5.69 Å². The fourth-order valence-corrected chi connectivity index (χ4v) is 4.12. The number of nitrogen functional groups attached to an aromatic ring is 1. The van der Waals surface area contributed by atoms with Crippen LogP contribution in [0.5, 0.6) is 0 Å². The highest BCUT2D eigenvalue weighted by molar-refractivity contribution is 5.62. The predicted molar refractivity (Wildman–Crippen MR) is 163 cm³/mol. The van der Waals surface area contributed by atoms with E-state index >= 15 is 0 Å². The van der Waals surface area contributed by atoms with Gasteiger partial charge in [0.15, 0.2) is 5.69 Å². The number of aromatic nitrogens is 3. The number of hydrogen-bond acceptors (Lipinski definition) is 13. The first-order valence-electron chi connectivity index (χ1n) is 13.8. The first-order valence-corrected chi connectivity index (χ1v) is 13.8. The quantitative estimate of drug-likeness (QED) is 0.0705. The van der Waals surface area contributed by atoms with E-state index in [1.165, 1.54) is 25.3 Å². The Hall–Kier alpha value is -4.95. The van der Waals surface area contributed by atoms with Gasteiger partial charge in [-0.2, -0.15) is 20.1 Å². The molecule has 0 saturated carbocycles. The molecule has 15 heteroatoms. The van der Waals surface area contributed by atoms with Crippen LogP contribution >= 0.6 is 0 Å². The van der Waals surface area contributed by atoms with Gasteiger partial charge in [0.1, 0.15) is 0 Å². The summed E-state index contributed by atoms with van der Waals surface area (Å²) < 4.78 is 0. The van der Waals surface area contributed by atoms with Crippen molar-refractivity contribution in [2.24, 2.45) is 16.1 Å². The highest BCUT2D eigenvalue weighted by Gasteiger charge is 2.19. The van der Waals surface area contributed by atoms with E-state index in [2.05, 4.69) is 54.6 Å². The van der Waals surface area contributed by atoms with Gasteiger partial charge >= 0.3 is 5.69 Å². The van der Waals surface area contributed by atoms with E-state index in [0.29, 0.717) is 30.0 Å². The fraction of sp³-hybridized carbons (Fsp3) is 0.444. The van der Waals surface area contributed by atoms with Crippen LogP contribution in [0, 0.1) is 26.1 Å². The lowest BCUT2D eigenvalue weighted by molar-refractivity contribution is -0.393. The lowest BCUT2D eigenvalue weighted by atomic mass is 9.99. The topological polar surface area (TPSA) is 203 Å². The van der Waals surface area contributed by atoms with Gasteiger partial charge in [0.05, 0.1) is 21.6 Å². The molecular weight excluding hydrogens is 542 g/mol. The number of nitrogens with zero attached hydrogens (tertiary/aromatic N) is 8. The Morgan fingerprint density at radius 2 is 1.67 bits per heavy atom. The summed E-state index contributed by atoms with van der Waals surface area (Å²) in [6.45, 7) is 6.54. The minimum absolute atomic E-state index is 0.0701. The zero-order valence-electron chi connectivity index (χ0n) is 24.1. The molecule has 0 amide bonds. The summed E-state index contributed by atoms with van der Waals surface area (Å²) in [5.41, 5.74) is 6.37. The Labute approximate surface area is 244 Å². The highest BCUT2D eigenvalue weighted by atomic mass is 16.6. The average Bonchev–Trinajstić information content (AvgIpc) is 2.98. The van der Waals surface area contributed by atoms with Crippen LogP contribution in [0.2, 0.25) is 0 Å². The number of nitro benzene ring substituents is 2. The smallest absolute Gasteiger partial charge is 0.303 e. The molecular formula is C27H37N11O4. The molecule has 2 aromatic carbocycles. The van der Waals surface area contributed by atoms with Gasteiger partial charge < -0.3 is 21.3 Å². The standard InChI is InChI=1S/C27H37N11O4/c1-4-6-8-19(5-2)18-30-27-32-25(28)31-26(33-27)29-15-7-16-36(3)21-11-9-20(10-12-21)34-35-23-14-13-22(37(39)40)17-24(23)38(41)42/h9-14,17,19H,4-8,15-16,18H2,1-3H3,(H4,28,29,30,31,32,33)/b35-34+. The maximum absolute atomic E-state index is 11.3. The van der Waals surface area contributed by atoms with Gasteiger partial charge in [-0.3, -0.25) is 20.2 Å². The first-order chi connectivity index (χ1) is 20.2. The van der Waals surface area contributed by atoms with Crippen LogP contribution in [0.1, 0.15) is 46.0 Å². The first kappa shape index (κ1) is 31.6. The molecule has 0 radical (unpaired) electrons. The normalized spacial score (nSPS) is 11.8. The molecule has 0 aliphatic carbocycles. The Bertz CT molecular complexity index is 1370. The number of rotatable bonds is 17. The second-order valence-electron chi connectivity index (χ2n) is 9.74. The van der Waals surface area contributed by atoms with Crippen molar-refractivity contribution >= 4 is 46.3 Å². The number of nitrogens with one attached hydrogen (secondary N) is 2. The Morgan fingerprint density at radius 3 is 2.31 bits per heavy atom. The van der Waals surface area contributed by atoms with Crippen molar-refractivity contribution in [2.45, 2.75) is 46.0 Å². The number of anilines is 4. The molecule has 4 N–H and O–H groups in total. The molecule has 15 nitrogen and oxygen atoms in total. The maximum Gasteiger partial charge on any atom is 0.303 e. The molecule has 224 valence electrons. The molecule has 0 bridgehead atoms. The van der Waals surface area contributed by atoms with Crippen LogP contribution in [-0.4, -0.2) is 51.5 Å². The third-order valence-corrected chi connectivity index (χ3v) is 6.63. The molecule has 0 aliphatic rings. The van der Waals surface area contributed by atoms with Crippen molar-refractivity contribution in [1.82, 2.24) is 15.0 Å². The lowest BCUT2D eigenvalue weighted by Crippen LogP contribution is -2.21. The van der Waals surface area contributed by atoms with E-state index in [-0.39, 0.29) is 17.3 Å². The van der Waals surface area contributed by atoms with Crippen molar-refractivity contribution < 1.29 is 9.85 Å². The molecule has 0 fully saturated rings. The van der Waals surface area contributed by atoms with E-state index in [1.807, 2.05) is 19.2 Å². The second-order valence-corrected chi connectivity index (χ2v) is 9.74. The minimum atomic E-state index is -0.725. The van der Waals surface area contributed by atoms with Crippen molar-refractivity contribution in [3.8, 4) is 0 Å². The molecule has 1 atom stereocenters. The van der Waals surface area contributed by atoms with Crippen LogP contribution in [0.4, 0.5) is 46.3 Å². The number of hydrogen-bond donors (Lipinski definition) is 3. The van der Waals surface area contributed by atoms with Crippen LogP contribution in [-0.2, 0) is 0 Å². The molecule has 1 unspecified atom stereocenters. The van der Waals surface area contributed by atoms with Crippen molar-refractivity contribution in [1.29, 1.82) is 0 Å². The van der Waals surface area contributed by atoms with Gasteiger partial charge in [-0.05, 0) is 49.1 Å². The summed E-state index contributed by atoms with van der Waals surface area (Å²) in [5.74, 6) is 1.62. The number of unbranched alkanes of at least 4 members (excludes halogenated alkanes) is 1. The van der Waals surface area contributed by atoms with E-state index in [0.717, 1.165) is 43.8 Å². The minimum Gasteiger partial charge on any atom is -0.375 e. The molecule has 42 heavy (non-hydrogen) atoms. The van der Waals surface area contributed by atoms with Gasteiger partial charge in [-0.25, -0.2) is 0 Å². The molecule has 0 spiro atoms. The second kappa shape index (κ2) is 15.7. The van der Waals surface area contributed by atoms with Gasteiger partial charge in [0, 0.05) is 38.4 Å². The van der Waals surface area contributed by atoms with Crippen molar-refractivity contribution in [3.05, 3.63) is 62.7 Å². The van der Waals surface area contributed by atoms with Gasteiger partial charge in [0.2, 0.25) is 17.8 Å². The molecule has 3 rings (SSSR count). The lowest BCUT2D eigenvalue weighted by Gasteiger charge is -2.19. The SMILES string of the molecule is CCCCC(CC)CNc1nc(N)nc(NCCCN(C)c2ccc(/N=N/c3ccc([N+](=O)[O-])cc3[N+](=O)[O-])cc2)n1. The fourth-order valence-electron chi connectivity index (χ4n) is 4.12. The number of azo groups is 1. The summed E-state index contributed by atoms with van der Waals surface area (Å²) in [6, 6.07) is 10.4. The summed E-state index contributed by atoms with van der Waals surface area (Å²) in [5, 5.41) is 36.7. The van der Waals surface area contributed by atoms with Crippen LogP contribution in [0.25, 0.3) is 0 Å². The zero-order chi connectivity index (χ0) is 30.5. The van der Waals surface area contributed by atoms with E-state index in [4.69, 9.17) is 5.73 Å². The van der Waals surface area contributed by atoms with Crippen LogP contribution in [0.3, 0.4) is 0 Å². The maximum atomic E-state index is 11.3. The van der Waals surface area contributed by atoms with E-state index in [1.54, 1.807) is 12.1 Å². The molecule has 1 aromatic heterocycles. The number of non-ortho nitro benzene ring substituents is 1. The van der Waals surface area contributed by atoms with Crippen molar-refractivity contribution in [3.63, 3.8) is 0 Å². The number of benzene rings is 2. The van der Waals surface area contributed by atoms with Gasteiger partial charge in [-0.15, -0.1) is 5.11 Å². The molecule has 1 heterocycles. The summed E-state index contributed by atoms with van der Waals surface area (Å²) in [7, 11) is 1.96. The highest BCUT2D eigenvalue weighted by Crippen LogP contribution is 2.32. The molecule has 3 aromatic rings. The van der Waals surface area contributed by atoms with Crippen LogP contribution < -0.4 is 21.3 Å². The van der Waals surface area contributed by atoms with Crippen LogP contribution in [0.15, 0.2) is 52.7 Å². The van der Waals surface area contributed by atoms with E-state index in [9.17, 15) is 20.2 Å². The predicted octanol–water partition coefficient (Wildman–Crippen LogP) is 6.25. The Balaban J connectivity index is 1.50. The third kappa shape index (κ3) is 9.60. The third-order valence-electron chi connectivity index (χ3n) is 6.63. The number of nitrogens with two attached hydrogens (primary N) is 1.